The second kappa shape index (κ2) is 6.03. The molecular weight excluding hydrogens is 246 g/mol. The van der Waals surface area contributed by atoms with E-state index in [-0.39, 0.29) is 0 Å². The summed E-state index contributed by atoms with van der Waals surface area (Å²) in [5, 5.41) is 8.13. The van der Waals surface area contributed by atoms with E-state index in [1.54, 1.807) is 6.20 Å². The van der Waals surface area contributed by atoms with Crippen molar-refractivity contribution in [2.75, 3.05) is 13.6 Å². The number of likely N-dealkylation sites (N-methyl/N-ethyl adjacent to an activating group) is 1. The van der Waals surface area contributed by atoms with E-state index in [0.717, 1.165) is 30.2 Å². The van der Waals surface area contributed by atoms with Crippen molar-refractivity contribution in [2.45, 2.75) is 19.9 Å². The van der Waals surface area contributed by atoms with Crippen LogP contribution in [0.4, 0.5) is 0 Å². The van der Waals surface area contributed by atoms with Crippen molar-refractivity contribution in [1.29, 1.82) is 0 Å². The monoisotopic (exact) mass is 263 g/mol. The van der Waals surface area contributed by atoms with Crippen molar-refractivity contribution < 1.29 is 0 Å². The van der Waals surface area contributed by atoms with E-state index in [1.165, 1.54) is 11.1 Å². The van der Waals surface area contributed by atoms with E-state index in [1.807, 2.05) is 18.7 Å². The van der Waals surface area contributed by atoms with Crippen LogP contribution in [0.2, 0.25) is 5.02 Å². The summed E-state index contributed by atoms with van der Waals surface area (Å²) in [7, 11) is 1.97. The van der Waals surface area contributed by atoms with Gasteiger partial charge in [-0.15, -0.1) is 0 Å². The molecule has 0 saturated carbocycles. The average Bonchev–Trinajstić information content (AvgIpc) is 2.70. The minimum absolute atomic E-state index is 0.723. The van der Waals surface area contributed by atoms with Gasteiger partial charge in [-0.1, -0.05) is 35.9 Å². The molecule has 0 unspecified atom stereocenters. The lowest BCUT2D eigenvalue weighted by Crippen LogP contribution is -2.10. The summed E-state index contributed by atoms with van der Waals surface area (Å²) in [5.74, 6) is 0. The molecule has 0 amide bonds. The Kier molecular flexibility index (Phi) is 4.39. The Morgan fingerprint density at radius 2 is 1.89 bits per heavy atom. The highest BCUT2D eigenvalue weighted by molar-refractivity contribution is 6.31. The Labute approximate surface area is 113 Å². The summed E-state index contributed by atoms with van der Waals surface area (Å²) >= 11 is 5.99. The van der Waals surface area contributed by atoms with E-state index in [2.05, 4.69) is 34.7 Å². The van der Waals surface area contributed by atoms with E-state index < -0.39 is 0 Å². The third-order valence-corrected chi connectivity index (χ3v) is 3.43. The minimum atomic E-state index is 0.723. The summed E-state index contributed by atoms with van der Waals surface area (Å²) in [6.07, 6.45) is 2.75. The van der Waals surface area contributed by atoms with Crippen molar-refractivity contribution in [3.8, 4) is 0 Å². The van der Waals surface area contributed by atoms with Crippen molar-refractivity contribution in [3.63, 3.8) is 0 Å². The van der Waals surface area contributed by atoms with Gasteiger partial charge in [-0.3, -0.25) is 4.68 Å². The quantitative estimate of drug-likeness (QED) is 0.899. The fourth-order valence-corrected chi connectivity index (χ4v) is 1.98. The second-order valence-electron chi connectivity index (χ2n) is 4.41. The van der Waals surface area contributed by atoms with Gasteiger partial charge in [-0.25, -0.2) is 0 Å². The maximum Gasteiger partial charge on any atom is 0.0815 e. The minimum Gasteiger partial charge on any atom is -0.319 e. The van der Waals surface area contributed by atoms with Crippen LogP contribution in [0.5, 0.6) is 0 Å². The molecule has 0 aliphatic rings. The summed E-state index contributed by atoms with van der Waals surface area (Å²) < 4.78 is 1.92. The van der Waals surface area contributed by atoms with Crippen molar-refractivity contribution >= 4 is 11.6 Å². The van der Waals surface area contributed by atoms with Gasteiger partial charge in [-0.2, -0.15) is 5.10 Å². The van der Waals surface area contributed by atoms with Crippen molar-refractivity contribution in [1.82, 2.24) is 15.1 Å². The smallest absolute Gasteiger partial charge is 0.0815 e. The highest BCUT2D eigenvalue weighted by Crippen LogP contribution is 2.15. The zero-order valence-electron chi connectivity index (χ0n) is 10.8. The molecule has 1 aromatic carbocycles. The van der Waals surface area contributed by atoms with Crippen LogP contribution in [-0.4, -0.2) is 23.4 Å². The highest BCUT2D eigenvalue weighted by atomic mass is 35.5. The number of hydrogen-bond acceptors (Lipinski definition) is 2. The Morgan fingerprint density at radius 3 is 2.44 bits per heavy atom. The molecule has 2 aromatic rings. The summed E-state index contributed by atoms with van der Waals surface area (Å²) in [6.45, 7) is 3.76. The van der Waals surface area contributed by atoms with Crippen LogP contribution in [0.3, 0.4) is 0 Å². The predicted octanol–water partition coefficient (Wildman–Crippen LogP) is 2.66. The molecule has 1 N–H and O–H groups in total. The number of hydrogen-bond donors (Lipinski definition) is 1. The standard InChI is InChI=1S/C14H18ClN3/c1-11-14(15)9-17-18(11)10-13-5-3-12(4-6-13)7-8-16-2/h3-6,9,16H,7-8,10H2,1-2H3. The molecule has 0 bridgehead atoms. The van der Waals surface area contributed by atoms with E-state index in [4.69, 9.17) is 11.6 Å². The second-order valence-corrected chi connectivity index (χ2v) is 4.81. The van der Waals surface area contributed by atoms with Gasteiger partial charge in [0.15, 0.2) is 0 Å². The Morgan fingerprint density at radius 1 is 1.22 bits per heavy atom. The number of nitrogens with zero attached hydrogens (tertiary/aromatic N) is 2. The zero-order chi connectivity index (χ0) is 13.0. The molecule has 0 atom stereocenters. The van der Waals surface area contributed by atoms with Crippen LogP contribution >= 0.6 is 11.6 Å². The number of rotatable bonds is 5. The van der Waals surface area contributed by atoms with Crippen LogP contribution in [0, 0.1) is 6.92 Å². The van der Waals surface area contributed by atoms with Crippen LogP contribution in [-0.2, 0) is 13.0 Å². The Bertz CT molecular complexity index is 502. The molecule has 4 heteroatoms. The molecule has 1 aromatic heterocycles. The first-order valence-corrected chi connectivity index (χ1v) is 6.49. The van der Waals surface area contributed by atoms with E-state index >= 15 is 0 Å². The van der Waals surface area contributed by atoms with Crippen LogP contribution in [0.15, 0.2) is 30.5 Å². The first-order chi connectivity index (χ1) is 8.70. The summed E-state index contributed by atoms with van der Waals surface area (Å²) in [4.78, 5) is 0. The summed E-state index contributed by atoms with van der Waals surface area (Å²) in [6, 6.07) is 8.65. The van der Waals surface area contributed by atoms with Gasteiger partial charge in [0, 0.05) is 0 Å². The molecule has 2 rings (SSSR count). The highest BCUT2D eigenvalue weighted by Gasteiger charge is 2.04. The first-order valence-electron chi connectivity index (χ1n) is 6.11. The number of halogens is 1. The number of benzene rings is 1. The van der Waals surface area contributed by atoms with Gasteiger partial charge >= 0.3 is 0 Å². The third kappa shape index (κ3) is 3.12. The predicted molar refractivity (Wildman–Crippen MR) is 75.1 cm³/mol. The molecule has 1 heterocycles. The van der Waals surface area contributed by atoms with E-state index in [9.17, 15) is 0 Å². The molecule has 0 spiro atoms. The molecular formula is C14H18ClN3. The van der Waals surface area contributed by atoms with Crippen molar-refractivity contribution in [2.24, 2.45) is 0 Å². The Balaban J connectivity index is 2.04. The van der Waals surface area contributed by atoms with E-state index in [0.29, 0.717) is 0 Å². The van der Waals surface area contributed by atoms with Gasteiger partial charge in [0.1, 0.15) is 0 Å². The zero-order valence-corrected chi connectivity index (χ0v) is 11.5. The molecule has 0 aliphatic carbocycles. The van der Waals surface area contributed by atoms with Crippen LogP contribution in [0.25, 0.3) is 0 Å². The third-order valence-electron chi connectivity index (χ3n) is 3.06. The number of aromatic nitrogens is 2. The lowest BCUT2D eigenvalue weighted by Gasteiger charge is -2.06. The molecule has 18 heavy (non-hydrogen) atoms. The van der Waals surface area contributed by atoms with Crippen LogP contribution < -0.4 is 5.32 Å². The van der Waals surface area contributed by atoms with Gasteiger partial charge in [0.2, 0.25) is 0 Å². The molecule has 0 saturated heterocycles. The van der Waals surface area contributed by atoms with Crippen molar-refractivity contribution in [3.05, 3.63) is 52.3 Å². The fraction of sp³-hybridized carbons (Fsp3) is 0.357. The lowest BCUT2D eigenvalue weighted by atomic mass is 10.1. The summed E-state index contributed by atoms with van der Waals surface area (Å²) in [5.41, 5.74) is 3.60. The molecule has 96 valence electrons. The van der Waals surface area contributed by atoms with Crippen LogP contribution in [0.1, 0.15) is 16.8 Å². The lowest BCUT2D eigenvalue weighted by molar-refractivity contribution is 0.665. The normalized spacial score (nSPS) is 10.8. The molecule has 0 fully saturated rings. The van der Waals surface area contributed by atoms with Gasteiger partial charge < -0.3 is 5.32 Å². The SMILES string of the molecule is CNCCc1ccc(Cn2ncc(Cl)c2C)cc1. The molecule has 3 nitrogen and oxygen atoms in total. The maximum atomic E-state index is 5.99. The largest absolute Gasteiger partial charge is 0.319 e. The Hall–Kier alpha value is -1.32. The van der Waals surface area contributed by atoms with Gasteiger partial charge in [0.05, 0.1) is 23.5 Å². The first kappa shape index (κ1) is 13.1. The van der Waals surface area contributed by atoms with Gasteiger partial charge in [-0.05, 0) is 38.1 Å². The maximum absolute atomic E-state index is 5.99. The number of nitrogens with one attached hydrogen (secondary N) is 1. The molecule has 0 aliphatic heterocycles. The molecule has 0 radical (unpaired) electrons. The van der Waals surface area contributed by atoms with Gasteiger partial charge in [0.25, 0.3) is 0 Å². The average molecular weight is 264 g/mol. The topological polar surface area (TPSA) is 29.9 Å². The fourth-order valence-electron chi connectivity index (χ4n) is 1.84.